The van der Waals surface area contributed by atoms with E-state index in [2.05, 4.69) is 44.1 Å². The first kappa shape index (κ1) is 15.0. The number of nitrogens with one attached hydrogen (secondary N) is 1. The van der Waals surface area contributed by atoms with E-state index in [0.29, 0.717) is 22.0 Å². The monoisotopic (exact) mass is 381 g/mol. The Bertz CT molecular complexity index is 398. The molecule has 0 bridgehead atoms. The lowest BCUT2D eigenvalue weighted by Crippen LogP contribution is -2.29. The van der Waals surface area contributed by atoms with Crippen LogP contribution < -0.4 is 5.32 Å². The van der Waals surface area contributed by atoms with Crippen LogP contribution in [0, 0.1) is 0 Å². The third-order valence-electron chi connectivity index (χ3n) is 2.27. The zero-order valence-corrected chi connectivity index (χ0v) is 13.4. The Morgan fingerprint density at radius 1 is 1.53 bits per heavy atom. The number of halogens is 3. The van der Waals surface area contributed by atoms with Crippen LogP contribution in [0.25, 0.3) is 0 Å². The zero-order chi connectivity index (χ0) is 12.8. The molecule has 1 amide bonds. The van der Waals surface area contributed by atoms with Gasteiger partial charge in [-0.15, -0.1) is 0 Å². The summed E-state index contributed by atoms with van der Waals surface area (Å²) in [5.41, 5.74) is 0.609. The number of hydrogen-bond acceptors (Lipinski definition) is 1. The number of carbonyl (C=O) groups excluding carboxylic acids is 1. The van der Waals surface area contributed by atoms with Gasteiger partial charge < -0.3 is 5.32 Å². The smallest absolute Gasteiger partial charge is 0.251 e. The molecule has 1 atom stereocenters. The molecule has 17 heavy (non-hydrogen) atoms. The predicted octanol–water partition coefficient (Wildman–Crippen LogP) is 4.40. The Kier molecular flexibility index (Phi) is 6.52. The molecule has 0 saturated carbocycles. The highest BCUT2D eigenvalue weighted by molar-refractivity contribution is 9.10. The molecule has 1 rings (SSSR count). The number of carbonyl (C=O) groups is 1. The van der Waals surface area contributed by atoms with Gasteiger partial charge in [0.2, 0.25) is 0 Å². The highest BCUT2D eigenvalue weighted by atomic mass is 79.9. The van der Waals surface area contributed by atoms with Crippen LogP contribution in [0.2, 0.25) is 5.02 Å². The molecule has 1 N–H and O–H groups in total. The molecule has 0 aromatic heterocycles. The van der Waals surface area contributed by atoms with E-state index >= 15 is 0 Å². The van der Waals surface area contributed by atoms with Crippen molar-refractivity contribution >= 4 is 49.4 Å². The Balaban J connectivity index is 2.55. The molecular weight excluding hydrogens is 369 g/mol. The summed E-state index contributed by atoms with van der Waals surface area (Å²) in [5.74, 6) is -0.0806. The van der Waals surface area contributed by atoms with Crippen LogP contribution in [-0.2, 0) is 0 Å². The highest BCUT2D eigenvalue weighted by Gasteiger charge is 2.09. The van der Waals surface area contributed by atoms with Crippen molar-refractivity contribution in [3.8, 4) is 0 Å². The van der Waals surface area contributed by atoms with Crippen molar-refractivity contribution in [2.24, 2.45) is 0 Å². The molecule has 0 fully saturated rings. The van der Waals surface area contributed by atoms with Crippen LogP contribution in [0.5, 0.6) is 0 Å². The van der Waals surface area contributed by atoms with Gasteiger partial charge in [-0.3, -0.25) is 4.79 Å². The van der Waals surface area contributed by atoms with E-state index in [-0.39, 0.29) is 5.91 Å². The molecule has 1 aromatic rings. The maximum Gasteiger partial charge on any atom is 0.251 e. The minimum atomic E-state index is -0.0806. The number of benzene rings is 1. The number of amides is 1. The molecule has 0 spiro atoms. The Morgan fingerprint density at radius 2 is 2.24 bits per heavy atom. The van der Waals surface area contributed by atoms with Gasteiger partial charge in [-0.25, -0.2) is 0 Å². The van der Waals surface area contributed by atoms with Crippen LogP contribution in [0.3, 0.4) is 0 Å². The van der Waals surface area contributed by atoms with Crippen LogP contribution in [0.15, 0.2) is 22.7 Å². The fraction of sp³-hybridized carbons (Fsp3) is 0.417. The van der Waals surface area contributed by atoms with Gasteiger partial charge in [0, 0.05) is 21.4 Å². The summed E-state index contributed by atoms with van der Waals surface area (Å²) in [4.78, 5) is 12.1. The number of hydrogen-bond donors (Lipinski definition) is 1. The summed E-state index contributed by atoms with van der Waals surface area (Å²) in [7, 11) is 0. The number of rotatable bonds is 5. The SMILES string of the molecule is CCCC(Br)CNC(=O)c1ccc(Cl)c(Br)c1. The molecule has 1 unspecified atom stereocenters. The van der Waals surface area contributed by atoms with Crippen molar-refractivity contribution in [2.75, 3.05) is 6.54 Å². The molecule has 0 aliphatic carbocycles. The summed E-state index contributed by atoms with van der Waals surface area (Å²) in [6.07, 6.45) is 2.14. The minimum Gasteiger partial charge on any atom is -0.351 e. The summed E-state index contributed by atoms with van der Waals surface area (Å²) in [6.45, 7) is 2.75. The lowest BCUT2D eigenvalue weighted by molar-refractivity contribution is 0.0953. The van der Waals surface area contributed by atoms with E-state index < -0.39 is 0 Å². The van der Waals surface area contributed by atoms with Gasteiger partial charge in [0.1, 0.15) is 0 Å². The summed E-state index contributed by atoms with van der Waals surface area (Å²) >= 11 is 12.7. The van der Waals surface area contributed by atoms with Gasteiger partial charge in [0.15, 0.2) is 0 Å². The molecule has 1 aromatic carbocycles. The van der Waals surface area contributed by atoms with Crippen molar-refractivity contribution in [3.63, 3.8) is 0 Å². The standard InChI is InChI=1S/C12H14Br2ClNO/c1-2-3-9(13)7-16-12(17)8-4-5-11(15)10(14)6-8/h4-6,9H,2-3,7H2,1H3,(H,16,17). The molecular formula is C12H14Br2ClNO. The van der Waals surface area contributed by atoms with E-state index in [1.807, 2.05) is 0 Å². The molecule has 0 heterocycles. The van der Waals surface area contributed by atoms with Crippen molar-refractivity contribution in [1.82, 2.24) is 5.32 Å². The fourth-order valence-electron chi connectivity index (χ4n) is 1.36. The first-order valence-electron chi connectivity index (χ1n) is 5.42. The second-order valence-electron chi connectivity index (χ2n) is 3.72. The minimum absolute atomic E-state index is 0.0806. The third-order valence-corrected chi connectivity index (χ3v) is 4.26. The average molecular weight is 384 g/mol. The van der Waals surface area contributed by atoms with Crippen LogP contribution in [-0.4, -0.2) is 17.3 Å². The molecule has 0 radical (unpaired) electrons. The first-order chi connectivity index (χ1) is 8.04. The molecule has 2 nitrogen and oxygen atoms in total. The van der Waals surface area contributed by atoms with E-state index in [4.69, 9.17) is 11.6 Å². The lowest BCUT2D eigenvalue weighted by Gasteiger charge is -2.10. The maximum absolute atomic E-state index is 11.8. The molecule has 0 aliphatic rings. The summed E-state index contributed by atoms with van der Waals surface area (Å²) in [5, 5.41) is 3.48. The van der Waals surface area contributed by atoms with Crippen molar-refractivity contribution in [2.45, 2.75) is 24.6 Å². The topological polar surface area (TPSA) is 29.1 Å². The second kappa shape index (κ2) is 7.39. The zero-order valence-electron chi connectivity index (χ0n) is 9.47. The Hall–Kier alpha value is -0.0600. The highest BCUT2D eigenvalue weighted by Crippen LogP contribution is 2.23. The lowest BCUT2D eigenvalue weighted by atomic mass is 10.2. The van der Waals surface area contributed by atoms with Gasteiger partial charge in [0.25, 0.3) is 5.91 Å². The van der Waals surface area contributed by atoms with Crippen LogP contribution >= 0.6 is 43.5 Å². The van der Waals surface area contributed by atoms with Crippen molar-refractivity contribution < 1.29 is 4.79 Å². The van der Waals surface area contributed by atoms with Crippen molar-refractivity contribution in [1.29, 1.82) is 0 Å². The van der Waals surface area contributed by atoms with Crippen LogP contribution in [0.1, 0.15) is 30.1 Å². The van der Waals surface area contributed by atoms with Gasteiger partial charge >= 0.3 is 0 Å². The van der Waals surface area contributed by atoms with Crippen LogP contribution in [0.4, 0.5) is 0 Å². The first-order valence-corrected chi connectivity index (χ1v) is 7.50. The molecule has 94 valence electrons. The second-order valence-corrected chi connectivity index (χ2v) is 6.28. The maximum atomic E-state index is 11.8. The van der Waals surface area contributed by atoms with Gasteiger partial charge in [-0.2, -0.15) is 0 Å². The average Bonchev–Trinajstić information content (AvgIpc) is 2.30. The summed E-state index contributed by atoms with van der Waals surface area (Å²) < 4.78 is 0.732. The van der Waals surface area contributed by atoms with Gasteiger partial charge in [0.05, 0.1) is 5.02 Å². The Labute approximate surface area is 123 Å². The quantitative estimate of drug-likeness (QED) is 0.751. The van der Waals surface area contributed by atoms with E-state index in [1.54, 1.807) is 18.2 Å². The van der Waals surface area contributed by atoms with Crippen molar-refractivity contribution in [3.05, 3.63) is 33.3 Å². The Morgan fingerprint density at radius 3 is 2.82 bits per heavy atom. The molecule has 0 saturated heterocycles. The molecule has 0 aliphatic heterocycles. The van der Waals surface area contributed by atoms with E-state index in [9.17, 15) is 4.79 Å². The normalized spacial score (nSPS) is 12.2. The summed E-state index contributed by atoms with van der Waals surface area (Å²) in [6, 6.07) is 5.14. The molecule has 5 heteroatoms. The van der Waals surface area contributed by atoms with E-state index in [1.165, 1.54) is 0 Å². The van der Waals surface area contributed by atoms with E-state index in [0.717, 1.165) is 17.3 Å². The fourth-order valence-corrected chi connectivity index (χ4v) is 2.47. The number of alkyl halides is 1. The predicted molar refractivity (Wildman–Crippen MR) is 79.1 cm³/mol. The van der Waals surface area contributed by atoms with Gasteiger partial charge in [-0.1, -0.05) is 40.9 Å². The third kappa shape index (κ3) is 4.98. The van der Waals surface area contributed by atoms with Gasteiger partial charge in [-0.05, 0) is 40.5 Å². The largest absolute Gasteiger partial charge is 0.351 e.